The van der Waals surface area contributed by atoms with Gasteiger partial charge in [0.2, 0.25) is 0 Å². The van der Waals surface area contributed by atoms with Crippen LogP contribution in [0.25, 0.3) is 11.2 Å². The Morgan fingerprint density at radius 3 is 2.32 bits per heavy atom. The molecule has 7 nitrogen and oxygen atoms in total. The SMILES string of the molecule is CCN(CC)CCn1c(C(Cl)c2ccccc2)nc2c1c(=O)n(C)c(=O)n2C. The summed E-state index contributed by atoms with van der Waals surface area (Å²) in [4.78, 5) is 32.2. The summed E-state index contributed by atoms with van der Waals surface area (Å²) in [6.45, 7) is 7.36. The largest absolute Gasteiger partial charge is 0.332 e. The average molecular weight is 404 g/mol. The van der Waals surface area contributed by atoms with Gasteiger partial charge >= 0.3 is 5.69 Å². The summed E-state index contributed by atoms with van der Waals surface area (Å²) in [5.41, 5.74) is 0.916. The van der Waals surface area contributed by atoms with Crippen molar-refractivity contribution in [2.45, 2.75) is 25.8 Å². The lowest BCUT2D eigenvalue weighted by Crippen LogP contribution is -2.38. The lowest BCUT2D eigenvalue weighted by atomic mass is 10.1. The third kappa shape index (κ3) is 3.52. The second-order valence-electron chi connectivity index (χ2n) is 6.80. The van der Waals surface area contributed by atoms with Gasteiger partial charge in [-0.15, -0.1) is 11.6 Å². The van der Waals surface area contributed by atoms with E-state index in [0.29, 0.717) is 23.5 Å². The molecule has 0 saturated heterocycles. The number of rotatable bonds is 7. The van der Waals surface area contributed by atoms with E-state index in [4.69, 9.17) is 11.6 Å². The summed E-state index contributed by atoms with van der Waals surface area (Å²) in [5, 5.41) is -0.523. The number of hydrogen-bond donors (Lipinski definition) is 0. The van der Waals surface area contributed by atoms with E-state index in [0.717, 1.165) is 29.8 Å². The zero-order valence-corrected chi connectivity index (χ0v) is 17.5. The lowest BCUT2D eigenvalue weighted by Gasteiger charge is -2.20. The van der Waals surface area contributed by atoms with Gasteiger partial charge in [-0.3, -0.25) is 13.9 Å². The van der Waals surface area contributed by atoms with Crippen LogP contribution in [0.5, 0.6) is 0 Å². The number of aryl methyl sites for hydroxylation is 1. The molecule has 0 aliphatic rings. The molecule has 1 unspecified atom stereocenters. The molecule has 2 aromatic heterocycles. The smallest absolute Gasteiger partial charge is 0.319 e. The van der Waals surface area contributed by atoms with E-state index in [1.54, 1.807) is 7.05 Å². The predicted molar refractivity (Wildman–Crippen MR) is 112 cm³/mol. The normalized spacial score (nSPS) is 12.8. The van der Waals surface area contributed by atoms with Gasteiger partial charge in [0, 0.05) is 27.2 Å². The van der Waals surface area contributed by atoms with Crippen LogP contribution in [0, 0.1) is 0 Å². The van der Waals surface area contributed by atoms with Crippen LogP contribution in [-0.4, -0.2) is 43.2 Å². The van der Waals surface area contributed by atoms with Crippen LogP contribution < -0.4 is 11.2 Å². The molecular weight excluding hydrogens is 378 g/mol. The summed E-state index contributed by atoms with van der Waals surface area (Å²) in [7, 11) is 3.11. The first-order valence-electron chi connectivity index (χ1n) is 9.48. The van der Waals surface area contributed by atoms with Crippen LogP contribution in [-0.2, 0) is 20.6 Å². The zero-order valence-electron chi connectivity index (χ0n) is 16.7. The molecule has 2 heterocycles. The minimum Gasteiger partial charge on any atom is -0.319 e. The summed E-state index contributed by atoms with van der Waals surface area (Å²) >= 11 is 6.78. The molecule has 0 fully saturated rings. The number of likely N-dealkylation sites (N-methyl/N-ethyl adjacent to an activating group) is 1. The van der Waals surface area contributed by atoms with E-state index >= 15 is 0 Å². The Balaban J connectivity index is 2.23. The minimum atomic E-state index is -0.523. The van der Waals surface area contributed by atoms with E-state index < -0.39 is 11.1 Å². The van der Waals surface area contributed by atoms with Gasteiger partial charge in [-0.05, 0) is 18.7 Å². The summed E-state index contributed by atoms with van der Waals surface area (Å²) in [5.74, 6) is 0.577. The minimum absolute atomic E-state index is 0.353. The average Bonchev–Trinajstić information content (AvgIpc) is 3.11. The highest BCUT2D eigenvalue weighted by molar-refractivity contribution is 6.22. The third-order valence-corrected chi connectivity index (χ3v) is 5.68. The van der Waals surface area contributed by atoms with Gasteiger partial charge in [0.05, 0.1) is 0 Å². The molecule has 3 rings (SSSR count). The van der Waals surface area contributed by atoms with Crippen molar-refractivity contribution in [2.24, 2.45) is 14.1 Å². The molecule has 0 amide bonds. The van der Waals surface area contributed by atoms with Crippen LogP contribution in [0.3, 0.4) is 0 Å². The molecule has 0 aliphatic carbocycles. The fourth-order valence-corrected chi connectivity index (χ4v) is 3.75. The molecule has 1 atom stereocenters. The molecule has 0 aliphatic heterocycles. The molecular formula is C20H26ClN5O2. The van der Waals surface area contributed by atoms with Crippen molar-refractivity contribution in [3.05, 3.63) is 62.6 Å². The van der Waals surface area contributed by atoms with Gasteiger partial charge in [-0.2, -0.15) is 0 Å². The predicted octanol–water partition coefficient (Wildman–Crippen LogP) is 2.10. The maximum absolute atomic E-state index is 12.9. The molecule has 3 aromatic rings. The van der Waals surface area contributed by atoms with Crippen molar-refractivity contribution in [3.8, 4) is 0 Å². The first kappa shape index (κ1) is 20.4. The molecule has 0 saturated carbocycles. The standard InChI is InChI=1S/C20H26ClN5O2/c1-5-25(6-2)12-13-26-16-18(23(3)20(28)24(4)19(16)27)22-17(26)15(21)14-10-8-7-9-11-14/h7-11,15H,5-6,12-13H2,1-4H3. The molecule has 1 aromatic carbocycles. The quantitative estimate of drug-likeness (QED) is 0.567. The Bertz CT molecular complexity index is 1080. The maximum atomic E-state index is 12.9. The van der Waals surface area contributed by atoms with Gasteiger partial charge in [-0.1, -0.05) is 44.2 Å². The van der Waals surface area contributed by atoms with Gasteiger partial charge < -0.3 is 9.47 Å². The summed E-state index contributed by atoms with van der Waals surface area (Å²) < 4.78 is 4.40. The zero-order chi connectivity index (χ0) is 20.4. The Hall–Kier alpha value is -2.38. The van der Waals surface area contributed by atoms with Crippen LogP contribution in [0.1, 0.15) is 30.6 Å². The first-order chi connectivity index (χ1) is 13.4. The first-order valence-corrected chi connectivity index (χ1v) is 9.91. The molecule has 28 heavy (non-hydrogen) atoms. The van der Waals surface area contributed by atoms with Crippen molar-refractivity contribution >= 4 is 22.8 Å². The molecule has 0 radical (unpaired) electrons. The van der Waals surface area contributed by atoms with Crippen molar-refractivity contribution in [2.75, 3.05) is 19.6 Å². The Morgan fingerprint density at radius 1 is 1.07 bits per heavy atom. The molecule has 0 N–H and O–H groups in total. The molecule has 8 heteroatoms. The highest BCUT2D eigenvalue weighted by atomic mass is 35.5. The highest BCUT2D eigenvalue weighted by Crippen LogP contribution is 2.29. The van der Waals surface area contributed by atoms with Gasteiger partial charge in [0.1, 0.15) is 11.2 Å². The maximum Gasteiger partial charge on any atom is 0.332 e. The fraction of sp³-hybridized carbons (Fsp3) is 0.450. The number of benzene rings is 1. The number of fused-ring (bicyclic) bond motifs is 1. The summed E-state index contributed by atoms with van der Waals surface area (Å²) in [6.07, 6.45) is 0. The van der Waals surface area contributed by atoms with Crippen molar-refractivity contribution < 1.29 is 0 Å². The van der Waals surface area contributed by atoms with Gasteiger partial charge in [-0.25, -0.2) is 9.78 Å². The van der Waals surface area contributed by atoms with Crippen molar-refractivity contribution in [1.82, 2.24) is 23.6 Å². The summed E-state index contributed by atoms with van der Waals surface area (Å²) in [6, 6.07) is 9.63. The number of hydrogen-bond acceptors (Lipinski definition) is 4. The molecule has 0 bridgehead atoms. The van der Waals surface area contributed by atoms with E-state index in [-0.39, 0.29) is 5.56 Å². The van der Waals surface area contributed by atoms with E-state index in [1.807, 2.05) is 34.9 Å². The monoisotopic (exact) mass is 403 g/mol. The van der Waals surface area contributed by atoms with E-state index in [1.165, 1.54) is 11.6 Å². The number of alkyl halides is 1. The molecule has 150 valence electrons. The van der Waals surface area contributed by atoms with Crippen LogP contribution in [0.2, 0.25) is 0 Å². The van der Waals surface area contributed by atoms with Gasteiger partial charge in [0.25, 0.3) is 5.56 Å². The lowest BCUT2D eigenvalue weighted by molar-refractivity contribution is 0.290. The fourth-order valence-electron chi connectivity index (χ4n) is 3.44. The number of imidazole rings is 1. The third-order valence-electron chi connectivity index (χ3n) is 5.23. The van der Waals surface area contributed by atoms with Crippen LogP contribution in [0.4, 0.5) is 0 Å². The van der Waals surface area contributed by atoms with Crippen LogP contribution >= 0.6 is 11.6 Å². The van der Waals surface area contributed by atoms with Crippen LogP contribution in [0.15, 0.2) is 39.9 Å². The number of nitrogens with zero attached hydrogens (tertiary/aromatic N) is 5. The van der Waals surface area contributed by atoms with Gasteiger partial charge in [0.15, 0.2) is 11.2 Å². The van der Waals surface area contributed by atoms with Crippen molar-refractivity contribution in [3.63, 3.8) is 0 Å². The second kappa shape index (κ2) is 8.32. The topological polar surface area (TPSA) is 65.1 Å². The Morgan fingerprint density at radius 2 is 1.71 bits per heavy atom. The Kier molecular flexibility index (Phi) is 6.05. The van der Waals surface area contributed by atoms with E-state index in [2.05, 4.69) is 23.7 Å². The number of aromatic nitrogens is 4. The molecule has 0 spiro atoms. The number of halogens is 1. The second-order valence-corrected chi connectivity index (χ2v) is 7.24. The highest BCUT2D eigenvalue weighted by Gasteiger charge is 2.24. The Labute approximate surface area is 168 Å². The van der Waals surface area contributed by atoms with Crippen molar-refractivity contribution in [1.29, 1.82) is 0 Å². The van der Waals surface area contributed by atoms with E-state index in [9.17, 15) is 9.59 Å².